The van der Waals surface area contributed by atoms with E-state index in [1.54, 1.807) is 13.8 Å². The van der Waals surface area contributed by atoms with Gasteiger partial charge in [0, 0.05) is 12.8 Å². The Balaban J connectivity index is 0. The van der Waals surface area contributed by atoms with E-state index in [-0.39, 0.29) is 12.8 Å². The molecule has 0 aromatic rings. The van der Waals surface area contributed by atoms with E-state index in [4.69, 9.17) is 10.5 Å². The van der Waals surface area contributed by atoms with Gasteiger partial charge < -0.3 is 9.78 Å². The lowest BCUT2D eigenvalue weighted by atomic mass is 10.5. The minimum absolute atomic E-state index is 0.219. The minimum Gasteiger partial charge on any atom is -0.301 e. The maximum atomic E-state index is 9.71. The van der Waals surface area contributed by atoms with Gasteiger partial charge >= 0.3 is 11.9 Å². The largest absolute Gasteiger partial charge is 0.341 e. The lowest BCUT2D eigenvalue weighted by molar-refractivity contribution is -0.234. The summed E-state index contributed by atoms with van der Waals surface area (Å²) in [5.41, 5.74) is 0. The molecule has 0 aliphatic carbocycles. The average molecular weight is 180 g/mol. The van der Waals surface area contributed by atoms with Crippen molar-refractivity contribution in [1.29, 1.82) is 0 Å². The SMILES string of the molecule is CCC(=O)OO.CCC(=O)OO. The number of carbonyl (C=O) groups is 2. The highest BCUT2D eigenvalue weighted by Gasteiger charge is 1.91. The number of carbonyl (C=O) groups excluding carboxylic acids is 2. The Morgan fingerprint density at radius 1 is 1.00 bits per heavy atom. The van der Waals surface area contributed by atoms with Crippen molar-refractivity contribution in [2.45, 2.75) is 26.7 Å². The zero-order chi connectivity index (χ0) is 9.98. The van der Waals surface area contributed by atoms with Crippen LogP contribution >= 0.6 is 0 Å². The van der Waals surface area contributed by atoms with Crippen LogP contribution in [0.5, 0.6) is 0 Å². The van der Waals surface area contributed by atoms with Crippen molar-refractivity contribution in [3.05, 3.63) is 0 Å². The molecule has 0 unspecified atom stereocenters. The lowest BCUT2D eigenvalue weighted by Crippen LogP contribution is -1.95. The molecule has 72 valence electrons. The molecule has 0 radical (unpaired) electrons. The number of hydrogen-bond acceptors (Lipinski definition) is 6. The number of hydrogen-bond donors (Lipinski definition) is 2. The first-order chi connectivity index (χ1) is 5.62. The second kappa shape index (κ2) is 9.86. The molecule has 0 saturated heterocycles. The van der Waals surface area contributed by atoms with Crippen LogP contribution in [0.15, 0.2) is 0 Å². The third-order valence-corrected chi connectivity index (χ3v) is 0.781. The van der Waals surface area contributed by atoms with E-state index in [9.17, 15) is 9.59 Å². The van der Waals surface area contributed by atoms with Gasteiger partial charge in [-0.05, 0) is 0 Å². The van der Waals surface area contributed by atoms with Crippen LogP contribution < -0.4 is 0 Å². The smallest absolute Gasteiger partial charge is 0.301 e. The van der Waals surface area contributed by atoms with Gasteiger partial charge in [-0.1, -0.05) is 13.8 Å². The Kier molecular flexibility index (Phi) is 11.1. The molecular weight excluding hydrogens is 168 g/mol. The summed E-state index contributed by atoms with van der Waals surface area (Å²) in [6.07, 6.45) is 0.438. The molecular formula is C6H12O6. The first kappa shape index (κ1) is 13.4. The molecule has 0 aliphatic rings. The van der Waals surface area contributed by atoms with Gasteiger partial charge in [-0.15, -0.1) is 0 Å². The van der Waals surface area contributed by atoms with Crippen LogP contribution in [0.1, 0.15) is 26.7 Å². The van der Waals surface area contributed by atoms with Gasteiger partial charge in [-0.3, -0.25) is 0 Å². The van der Waals surface area contributed by atoms with Crippen molar-refractivity contribution >= 4 is 11.9 Å². The normalized spacial score (nSPS) is 7.67. The van der Waals surface area contributed by atoms with Crippen LogP contribution in [0.3, 0.4) is 0 Å². The van der Waals surface area contributed by atoms with Crippen molar-refractivity contribution in [3.8, 4) is 0 Å². The van der Waals surface area contributed by atoms with Crippen molar-refractivity contribution in [2.24, 2.45) is 0 Å². The van der Waals surface area contributed by atoms with Gasteiger partial charge in [-0.25, -0.2) is 9.59 Å². The topological polar surface area (TPSA) is 93.1 Å². The van der Waals surface area contributed by atoms with Crippen LogP contribution in [0.4, 0.5) is 0 Å². The van der Waals surface area contributed by atoms with E-state index in [1.165, 1.54) is 0 Å². The van der Waals surface area contributed by atoms with Crippen molar-refractivity contribution in [2.75, 3.05) is 0 Å². The molecule has 6 heteroatoms. The van der Waals surface area contributed by atoms with Gasteiger partial charge in [-0.2, -0.15) is 10.5 Å². The predicted octanol–water partition coefficient (Wildman–Crippen LogP) is 0.825. The summed E-state index contributed by atoms with van der Waals surface area (Å²) in [7, 11) is 0. The summed E-state index contributed by atoms with van der Waals surface area (Å²) in [5, 5.41) is 15.0. The first-order valence-electron chi connectivity index (χ1n) is 3.30. The predicted molar refractivity (Wildman–Crippen MR) is 38.0 cm³/mol. The molecule has 0 heterocycles. The maximum absolute atomic E-state index is 9.71. The Morgan fingerprint density at radius 3 is 1.25 bits per heavy atom. The molecule has 0 aliphatic heterocycles. The average Bonchev–Trinajstić information content (AvgIpc) is 2.16. The quantitative estimate of drug-likeness (QED) is 0.482. The van der Waals surface area contributed by atoms with Crippen LogP contribution in [0, 0.1) is 0 Å². The Labute approximate surface area is 69.6 Å². The fourth-order valence-corrected chi connectivity index (χ4v) is 0.129. The summed E-state index contributed by atoms with van der Waals surface area (Å²) in [5.74, 6) is -1.20. The third kappa shape index (κ3) is 11.6. The van der Waals surface area contributed by atoms with E-state index < -0.39 is 11.9 Å². The first-order valence-corrected chi connectivity index (χ1v) is 3.30. The lowest BCUT2D eigenvalue weighted by Gasteiger charge is -1.83. The summed E-state index contributed by atoms with van der Waals surface area (Å²) >= 11 is 0. The number of rotatable bonds is 2. The van der Waals surface area contributed by atoms with Gasteiger partial charge in [0.25, 0.3) is 0 Å². The Morgan fingerprint density at radius 2 is 1.25 bits per heavy atom. The van der Waals surface area contributed by atoms with Crippen molar-refractivity contribution in [1.82, 2.24) is 0 Å². The van der Waals surface area contributed by atoms with E-state index in [0.29, 0.717) is 0 Å². The second-order valence-corrected chi connectivity index (χ2v) is 1.63. The molecule has 2 N–H and O–H groups in total. The standard InChI is InChI=1S/2C3H6O3/c2*1-2-3(4)6-5/h2*5H,2H2,1H3. The minimum atomic E-state index is -0.602. The van der Waals surface area contributed by atoms with Gasteiger partial charge in [0.15, 0.2) is 0 Å². The highest BCUT2D eigenvalue weighted by Crippen LogP contribution is 1.76. The van der Waals surface area contributed by atoms with Crippen molar-refractivity contribution < 1.29 is 29.9 Å². The summed E-state index contributed by atoms with van der Waals surface area (Å²) in [4.78, 5) is 25.9. The molecule has 0 amide bonds. The molecule has 0 saturated carbocycles. The second-order valence-electron chi connectivity index (χ2n) is 1.63. The molecule has 6 nitrogen and oxygen atoms in total. The molecule has 0 rings (SSSR count). The fraction of sp³-hybridized carbons (Fsp3) is 0.667. The fourth-order valence-electron chi connectivity index (χ4n) is 0.129. The Bertz CT molecular complexity index is 104. The highest BCUT2D eigenvalue weighted by atomic mass is 17.1. The summed E-state index contributed by atoms with van der Waals surface area (Å²) in [6, 6.07) is 0. The molecule has 12 heavy (non-hydrogen) atoms. The maximum Gasteiger partial charge on any atom is 0.341 e. The summed E-state index contributed by atoms with van der Waals surface area (Å²) < 4.78 is 0. The highest BCUT2D eigenvalue weighted by molar-refractivity contribution is 5.68. The van der Waals surface area contributed by atoms with Gasteiger partial charge in [0.05, 0.1) is 0 Å². The van der Waals surface area contributed by atoms with Crippen molar-refractivity contribution in [3.63, 3.8) is 0 Å². The van der Waals surface area contributed by atoms with Crippen LogP contribution in [-0.2, 0) is 19.4 Å². The molecule has 0 aromatic heterocycles. The van der Waals surface area contributed by atoms with Gasteiger partial charge in [0.2, 0.25) is 0 Å². The van der Waals surface area contributed by atoms with Crippen LogP contribution in [-0.4, -0.2) is 22.5 Å². The molecule has 0 bridgehead atoms. The summed E-state index contributed by atoms with van der Waals surface area (Å²) in [6.45, 7) is 3.19. The van der Waals surface area contributed by atoms with E-state index >= 15 is 0 Å². The zero-order valence-electron chi connectivity index (χ0n) is 6.94. The monoisotopic (exact) mass is 180 g/mol. The van der Waals surface area contributed by atoms with E-state index in [1.807, 2.05) is 0 Å². The molecule has 0 spiro atoms. The zero-order valence-corrected chi connectivity index (χ0v) is 6.94. The Hall–Kier alpha value is -1.14. The van der Waals surface area contributed by atoms with Crippen LogP contribution in [0.25, 0.3) is 0 Å². The molecule has 0 fully saturated rings. The van der Waals surface area contributed by atoms with E-state index in [2.05, 4.69) is 9.78 Å². The molecule has 0 aromatic carbocycles. The molecule has 0 atom stereocenters. The van der Waals surface area contributed by atoms with Crippen LogP contribution in [0.2, 0.25) is 0 Å². The van der Waals surface area contributed by atoms with Gasteiger partial charge in [0.1, 0.15) is 0 Å². The van der Waals surface area contributed by atoms with E-state index in [0.717, 1.165) is 0 Å². The third-order valence-electron chi connectivity index (χ3n) is 0.781.